The predicted octanol–water partition coefficient (Wildman–Crippen LogP) is 3.69. The van der Waals surface area contributed by atoms with E-state index in [0.29, 0.717) is 6.04 Å². The average molecular weight is 224 g/mol. The molecule has 2 rings (SSSR count). The molecule has 74 valence electrons. The van der Waals surface area contributed by atoms with Gasteiger partial charge in [0.25, 0.3) is 0 Å². The summed E-state index contributed by atoms with van der Waals surface area (Å²) in [4.78, 5) is 4.51. The van der Waals surface area contributed by atoms with E-state index in [0.717, 1.165) is 10.8 Å². The molecule has 0 saturated carbocycles. The van der Waals surface area contributed by atoms with E-state index in [1.165, 1.54) is 5.56 Å². The molecular weight excluding hydrogens is 212 g/mol. The Balaban J connectivity index is 2.18. The van der Waals surface area contributed by atoms with E-state index in [2.05, 4.69) is 46.4 Å². The highest BCUT2D eigenvalue weighted by atomic mass is 32.1. The van der Waals surface area contributed by atoms with Crippen molar-refractivity contribution in [3.05, 3.63) is 22.2 Å². The molecule has 0 aromatic carbocycles. The molecule has 0 spiro atoms. The van der Waals surface area contributed by atoms with Crippen LogP contribution < -0.4 is 5.32 Å². The second-order valence-electron chi connectivity index (χ2n) is 3.35. The van der Waals surface area contributed by atoms with Gasteiger partial charge in [0.05, 0.1) is 5.69 Å². The van der Waals surface area contributed by atoms with Gasteiger partial charge in [-0.3, -0.25) is 0 Å². The Labute approximate surface area is 91.6 Å². The topological polar surface area (TPSA) is 24.9 Å². The highest BCUT2D eigenvalue weighted by Crippen LogP contribution is 2.26. The van der Waals surface area contributed by atoms with Crippen LogP contribution in [0.2, 0.25) is 0 Å². The molecule has 0 unspecified atom stereocenters. The van der Waals surface area contributed by atoms with Crippen LogP contribution in [0.4, 0.5) is 5.13 Å². The van der Waals surface area contributed by atoms with Crippen LogP contribution in [0.15, 0.2) is 22.2 Å². The quantitative estimate of drug-likeness (QED) is 0.860. The molecule has 0 bridgehead atoms. The van der Waals surface area contributed by atoms with Crippen molar-refractivity contribution in [1.29, 1.82) is 0 Å². The molecule has 14 heavy (non-hydrogen) atoms. The average Bonchev–Trinajstić information content (AvgIpc) is 2.69. The first kappa shape index (κ1) is 9.68. The molecule has 2 heterocycles. The van der Waals surface area contributed by atoms with Gasteiger partial charge in [0.2, 0.25) is 0 Å². The minimum absolute atomic E-state index is 0.441. The lowest BCUT2D eigenvalue weighted by atomic mass is 10.3. The first-order valence-corrected chi connectivity index (χ1v) is 6.32. The first-order valence-electron chi connectivity index (χ1n) is 4.50. The fourth-order valence-electron chi connectivity index (χ4n) is 1.13. The minimum atomic E-state index is 0.441. The standard InChI is InChI=1S/C10H12N2S2/c1-7(2)11-10-12-9(6-14-10)8-3-4-13-5-8/h3-7H,1-2H3,(H,11,12). The Hall–Kier alpha value is -0.870. The first-order chi connectivity index (χ1) is 6.75. The molecule has 0 aliphatic carbocycles. The molecule has 0 aliphatic rings. The molecular formula is C10H12N2S2. The van der Waals surface area contributed by atoms with Gasteiger partial charge in [-0.15, -0.1) is 11.3 Å². The summed E-state index contributed by atoms with van der Waals surface area (Å²) in [6.07, 6.45) is 0. The third kappa shape index (κ3) is 2.13. The molecule has 2 aromatic heterocycles. The summed E-state index contributed by atoms with van der Waals surface area (Å²) < 4.78 is 0. The molecule has 0 fully saturated rings. The number of nitrogens with one attached hydrogen (secondary N) is 1. The lowest BCUT2D eigenvalue weighted by Gasteiger charge is -2.04. The Morgan fingerprint density at radius 2 is 2.21 bits per heavy atom. The van der Waals surface area contributed by atoms with Crippen molar-refractivity contribution in [3.8, 4) is 11.3 Å². The monoisotopic (exact) mass is 224 g/mol. The van der Waals surface area contributed by atoms with Crippen molar-refractivity contribution in [2.24, 2.45) is 0 Å². The normalized spacial score (nSPS) is 10.8. The van der Waals surface area contributed by atoms with Gasteiger partial charge in [0.15, 0.2) is 5.13 Å². The van der Waals surface area contributed by atoms with Crippen LogP contribution in [0.5, 0.6) is 0 Å². The van der Waals surface area contributed by atoms with Gasteiger partial charge in [0.1, 0.15) is 0 Å². The maximum Gasteiger partial charge on any atom is 0.183 e. The SMILES string of the molecule is CC(C)Nc1nc(-c2ccsc2)cs1. The van der Waals surface area contributed by atoms with Crippen LogP contribution >= 0.6 is 22.7 Å². The van der Waals surface area contributed by atoms with Crippen molar-refractivity contribution in [2.75, 3.05) is 5.32 Å². The summed E-state index contributed by atoms with van der Waals surface area (Å²) in [6, 6.07) is 2.54. The van der Waals surface area contributed by atoms with Gasteiger partial charge in [-0.1, -0.05) is 0 Å². The van der Waals surface area contributed by atoms with Gasteiger partial charge in [-0.2, -0.15) is 11.3 Å². The Kier molecular flexibility index (Phi) is 2.84. The van der Waals surface area contributed by atoms with Crippen molar-refractivity contribution in [2.45, 2.75) is 19.9 Å². The number of hydrogen-bond donors (Lipinski definition) is 1. The van der Waals surface area contributed by atoms with E-state index in [9.17, 15) is 0 Å². The highest BCUT2D eigenvalue weighted by molar-refractivity contribution is 7.14. The number of hydrogen-bond acceptors (Lipinski definition) is 4. The van der Waals surface area contributed by atoms with Gasteiger partial charge >= 0.3 is 0 Å². The van der Waals surface area contributed by atoms with E-state index >= 15 is 0 Å². The van der Waals surface area contributed by atoms with E-state index < -0.39 is 0 Å². The summed E-state index contributed by atoms with van der Waals surface area (Å²) in [7, 11) is 0. The highest BCUT2D eigenvalue weighted by Gasteiger charge is 2.04. The third-order valence-electron chi connectivity index (χ3n) is 1.73. The van der Waals surface area contributed by atoms with Crippen LogP contribution in [0.25, 0.3) is 11.3 Å². The van der Waals surface area contributed by atoms with Crippen LogP contribution in [-0.4, -0.2) is 11.0 Å². The predicted molar refractivity (Wildman–Crippen MR) is 64.2 cm³/mol. The fourth-order valence-corrected chi connectivity index (χ4v) is 2.65. The van der Waals surface area contributed by atoms with Gasteiger partial charge in [0, 0.05) is 22.4 Å². The van der Waals surface area contributed by atoms with Gasteiger partial charge in [-0.05, 0) is 25.3 Å². The maximum absolute atomic E-state index is 4.51. The molecule has 0 amide bonds. The fraction of sp³-hybridized carbons (Fsp3) is 0.300. The summed E-state index contributed by atoms with van der Waals surface area (Å²) in [6.45, 7) is 4.23. The van der Waals surface area contributed by atoms with E-state index in [-0.39, 0.29) is 0 Å². The van der Waals surface area contributed by atoms with Crippen molar-refractivity contribution >= 4 is 27.8 Å². The lowest BCUT2D eigenvalue weighted by molar-refractivity contribution is 0.897. The van der Waals surface area contributed by atoms with Crippen molar-refractivity contribution in [1.82, 2.24) is 4.98 Å². The molecule has 0 saturated heterocycles. The summed E-state index contributed by atoms with van der Waals surface area (Å²) >= 11 is 3.36. The second-order valence-corrected chi connectivity index (χ2v) is 4.99. The number of thiophene rings is 1. The van der Waals surface area contributed by atoms with E-state index in [1.807, 2.05) is 0 Å². The molecule has 1 N–H and O–H groups in total. The maximum atomic E-state index is 4.51. The number of nitrogens with zero attached hydrogens (tertiary/aromatic N) is 1. The number of aromatic nitrogens is 1. The summed E-state index contributed by atoms with van der Waals surface area (Å²) in [5, 5.41) is 10.6. The Morgan fingerprint density at radius 1 is 1.36 bits per heavy atom. The zero-order valence-corrected chi connectivity index (χ0v) is 9.78. The number of thiazole rings is 1. The molecule has 0 radical (unpaired) electrons. The minimum Gasteiger partial charge on any atom is -0.359 e. The van der Waals surface area contributed by atoms with Crippen LogP contribution in [0, 0.1) is 0 Å². The largest absolute Gasteiger partial charge is 0.359 e. The van der Waals surface area contributed by atoms with Gasteiger partial charge < -0.3 is 5.32 Å². The molecule has 2 aromatic rings. The van der Waals surface area contributed by atoms with E-state index in [4.69, 9.17) is 0 Å². The third-order valence-corrected chi connectivity index (χ3v) is 3.19. The summed E-state index contributed by atoms with van der Waals surface area (Å²) in [5.41, 5.74) is 2.28. The summed E-state index contributed by atoms with van der Waals surface area (Å²) in [5.74, 6) is 0. The van der Waals surface area contributed by atoms with Crippen molar-refractivity contribution < 1.29 is 0 Å². The van der Waals surface area contributed by atoms with Crippen LogP contribution in [0.3, 0.4) is 0 Å². The Morgan fingerprint density at radius 3 is 2.86 bits per heavy atom. The van der Waals surface area contributed by atoms with Crippen molar-refractivity contribution in [3.63, 3.8) is 0 Å². The number of rotatable bonds is 3. The molecule has 0 aliphatic heterocycles. The smallest absolute Gasteiger partial charge is 0.183 e. The van der Waals surface area contributed by atoms with Crippen LogP contribution in [0.1, 0.15) is 13.8 Å². The van der Waals surface area contributed by atoms with Crippen LogP contribution in [-0.2, 0) is 0 Å². The Bertz CT molecular complexity index is 390. The zero-order valence-electron chi connectivity index (χ0n) is 8.15. The molecule has 2 nitrogen and oxygen atoms in total. The lowest BCUT2D eigenvalue weighted by Crippen LogP contribution is -2.08. The zero-order chi connectivity index (χ0) is 9.97. The van der Waals surface area contributed by atoms with Gasteiger partial charge in [-0.25, -0.2) is 4.98 Å². The second kappa shape index (κ2) is 4.11. The molecule has 4 heteroatoms. The molecule has 0 atom stereocenters. The number of anilines is 1. The van der Waals surface area contributed by atoms with E-state index in [1.54, 1.807) is 22.7 Å².